The predicted molar refractivity (Wildman–Crippen MR) is 79.5 cm³/mol. The lowest BCUT2D eigenvalue weighted by Gasteiger charge is -2.30. The highest BCUT2D eigenvalue weighted by atomic mass is 16.5. The quantitative estimate of drug-likeness (QED) is 0.795. The summed E-state index contributed by atoms with van der Waals surface area (Å²) in [6.45, 7) is 11.0. The largest absolute Gasteiger partial charge is 0.480 e. The van der Waals surface area contributed by atoms with Crippen LogP contribution >= 0.6 is 0 Å². The lowest BCUT2D eigenvalue weighted by molar-refractivity contribution is 0.180. The van der Waals surface area contributed by atoms with Crippen LogP contribution in [-0.2, 0) is 14.2 Å². The van der Waals surface area contributed by atoms with Crippen molar-refractivity contribution in [3.05, 3.63) is 0 Å². The van der Waals surface area contributed by atoms with Gasteiger partial charge in [-0.25, -0.2) is 9.98 Å². The highest BCUT2D eigenvalue weighted by Crippen LogP contribution is 2.26. The second-order valence-corrected chi connectivity index (χ2v) is 5.56. The Balaban J connectivity index is 2.24. The number of aliphatic imine (C=N–C) groups is 2. The highest BCUT2D eigenvalue weighted by molar-refractivity contribution is 5.94. The molecule has 0 N–H and O–H groups in total. The van der Waals surface area contributed by atoms with Crippen LogP contribution in [0.1, 0.15) is 34.1 Å². The molecule has 2 heterocycles. The minimum absolute atomic E-state index is 0.0323. The van der Waals surface area contributed by atoms with Crippen molar-refractivity contribution in [1.29, 1.82) is 0 Å². The van der Waals surface area contributed by atoms with Gasteiger partial charge >= 0.3 is 0 Å². The molecule has 5 nitrogen and oxygen atoms in total. The molecule has 0 radical (unpaired) electrons. The van der Waals surface area contributed by atoms with Crippen molar-refractivity contribution in [2.24, 2.45) is 21.8 Å². The third-order valence-electron chi connectivity index (χ3n) is 3.67. The Hall–Kier alpha value is -1.10. The first-order valence-electron chi connectivity index (χ1n) is 7.66. The summed E-state index contributed by atoms with van der Waals surface area (Å²) in [5.41, 5.74) is 0. The first-order chi connectivity index (χ1) is 9.67. The molecule has 0 amide bonds. The number of ether oxygens (including phenoxy) is 3. The Bertz CT molecular complexity index is 373. The van der Waals surface area contributed by atoms with Crippen molar-refractivity contribution in [3.63, 3.8) is 0 Å². The van der Waals surface area contributed by atoms with E-state index in [2.05, 4.69) is 13.8 Å². The highest BCUT2D eigenvalue weighted by Gasteiger charge is 2.37. The third kappa shape index (κ3) is 3.32. The molecule has 0 aliphatic carbocycles. The van der Waals surface area contributed by atoms with Gasteiger partial charge in [0.15, 0.2) is 0 Å². The Morgan fingerprint density at radius 2 is 1.85 bits per heavy atom. The molecule has 114 valence electrons. The second-order valence-electron chi connectivity index (χ2n) is 5.56. The van der Waals surface area contributed by atoms with Gasteiger partial charge in [-0.05, 0) is 26.2 Å². The zero-order valence-electron chi connectivity index (χ0n) is 13.0. The molecular formula is C15H26N2O3. The summed E-state index contributed by atoms with van der Waals surface area (Å²) in [7, 11) is 0. The normalized spacial score (nSPS) is 30.1. The summed E-state index contributed by atoms with van der Waals surface area (Å²) in [4.78, 5) is 9.60. The van der Waals surface area contributed by atoms with Crippen molar-refractivity contribution < 1.29 is 14.2 Å². The smallest absolute Gasteiger partial charge is 0.210 e. The van der Waals surface area contributed by atoms with Crippen LogP contribution in [0, 0.1) is 11.8 Å². The van der Waals surface area contributed by atoms with E-state index in [-0.39, 0.29) is 12.1 Å². The van der Waals surface area contributed by atoms with E-state index in [0.717, 1.165) is 31.4 Å². The molecule has 5 heteroatoms. The minimum Gasteiger partial charge on any atom is -0.480 e. The predicted octanol–water partition coefficient (Wildman–Crippen LogP) is 2.30. The topological polar surface area (TPSA) is 52.4 Å². The van der Waals surface area contributed by atoms with Gasteiger partial charge in [0.2, 0.25) is 11.8 Å². The molecule has 1 fully saturated rings. The van der Waals surface area contributed by atoms with Gasteiger partial charge in [0.05, 0.1) is 19.8 Å². The molecule has 2 aliphatic rings. The summed E-state index contributed by atoms with van der Waals surface area (Å²) >= 11 is 0. The molecule has 1 saturated heterocycles. The number of rotatable bonds is 4. The van der Waals surface area contributed by atoms with Gasteiger partial charge in [-0.2, -0.15) is 0 Å². The van der Waals surface area contributed by atoms with E-state index in [1.807, 2.05) is 13.8 Å². The van der Waals surface area contributed by atoms with Crippen LogP contribution in [0.25, 0.3) is 0 Å². The standard InChI is InChI=1S/C15H26N2O3/c1-5-19-14-12(10(3)4)16-15(20-6-2)13(17-14)11-7-8-18-9-11/h10-13H,5-9H2,1-4H3/t11?,12-,13+/m1/s1. The molecule has 0 aromatic heterocycles. The molecule has 0 bridgehead atoms. The van der Waals surface area contributed by atoms with Crippen molar-refractivity contribution in [2.75, 3.05) is 26.4 Å². The fourth-order valence-electron chi connectivity index (χ4n) is 2.62. The van der Waals surface area contributed by atoms with Crippen molar-refractivity contribution in [1.82, 2.24) is 0 Å². The summed E-state index contributed by atoms with van der Waals surface area (Å²) in [6, 6.07) is -0.0796. The van der Waals surface area contributed by atoms with E-state index in [9.17, 15) is 0 Å². The maximum Gasteiger partial charge on any atom is 0.210 e. The Morgan fingerprint density at radius 1 is 1.15 bits per heavy atom. The minimum atomic E-state index is -0.0472. The van der Waals surface area contributed by atoms with E-state index in [0.29, 0.717) is 25.0 Å². The van der Waals surface area contributed by atoms with Crippen molar-refractivity contribution in [3.8, 4) is 0 Å². The molecule has 1 unspecified atom stereocenters. The van der Waals surface area contributed by atoms with E-state index in [1.54, 1.807) is 0 Å². The van der Waals surface area contributed by atoms with Gasteiger partial charge in [-0.1, -0.05) is 13.8 Å². The maximum absolute atomic E-state index is 5.75. The Morgan fingerprint density at radius 3 is 2.40 bits per heavy atom. The molecule has 2 rings (SSSR count). The Kier molecular flexibility index (Phi) is 5.40. The molecular weight excluding hydrogens is 256 g/mol. The maximum atomic E-state index is 5.75. The monoisotopic (exact) mass is 282 g/mol. The van der Waals surface area contributed by atoms with E-state index < -0.39 is 0 Å². The first-order valence-corrected chi connectivity index (χ1v) is 7.66. The van der Waals surface area contributed by atoms with Gasteiger partial charge in [-0.3, -0.25) is 0 Å². The lowest BCUT2D eigenvalue weighted by Crippen LogP contribution is -2.41. The first kappa shape index (κ1) is 15.3. The fourth-order valence-corrected chi connectivity index (χ4v) is 2.62. The fraction of sp³-hybridized carbons (Fsp3) is 0.867. The summed E-state index contributed by atoms with van der Waals surface area (Å²) < 4.78 is 17.0. The molecule has 0 aromatic rings. The molecule has 20 heavy (non-hydrogen) atoms. The van der Waals surface area contributed by atoms with Gasteiger partial charge in [0.25, 0.3) is 0 Å². The second kappa shape index (κ2) is 7.07. The van der Waals surface area contributed by atoms with Crippen LogP contribution in [0.2, 0.25) is 0 Å². The Labute approximate surface area is 121 Å². The molecule has 0 saturated carbocycles. The average Bonchev–Trinajstić information content (AvgIpc) is 2.94. The van der Waals surface area contributed by atoms with Crippen molar-refractivity contribution in [2.45, 2.75) is 46.2 Å². The molecule has 0 aromatic carbocycles. The third-order valence-corrected chi connectivity index (χ3v) is 3.67. The molecule has 0 spiro atoms. The van der Waals surface area contributed by atoms with E-state index >= 15 is 0 Å². The van der Waals surface area contributed by atoms with Crippen LogP contribution in [0.4, 0.5) is 0 Å². The van der Waals surface area contributed by atoms with Gasteiger partial charge < -0.3 is 14.2 Å². The zero-order valence-corrected chi connectivity index (χ0v) is 13.0. The van der Waals surface area contributed by atoms with Gasteiger partial charge in [-0.15, -0.1) is 0 Å². The van der Waals surface area contributed by atoms with Crippen LogP contribution in [-0.4, -0.2) is 50.3 Å². The number of hydrogen-bond acceptors (Lipinski definition) is 5. The van der Waals surface area contributed by atoms with E-state index in [1.165, 1.54) is 0 Å². The summed E-state index contributed by atoms with van der Waals surface area (Å²) in [5.74, 6) is 2.20. The number of hydrogen-bond donors (Lipinski definition) is 0. The summed E-state index contributed by atoms with van der Waals surface area (Å²) in [6.07, 6.45) is 1.01. The van der Waals surface area contributed by atoms with Crippen molar-refractivity contribution >= 4 is 11.8 Å². The van der Waals surface area contributed by atoms with Crippen LogP contribution in [0.15, 0.2) is 9.98 Å². The molecule has 3 atom stereocenters. The summed E-state index contributed by atoms with van der Waals surface area (Å²) in [5, 5.41) is 0. The van der Waals surface area contributed by atoms with Gasteiger partial charge in [0.1, 0.15) is 12.1 Å². The van der Waals surface area contributed by atoms with Crippen LogP contribution in [0.3, 0.4) is 0 Å². The van der Waals surface area contributed by atoms with Crippen LogP contribution < -0.4 is 0 Å². The average molecular weight is 282 g/mol. The zero-order chi connectivity index (χ0) is 14.5. The molecule has 2 aliphatic heterocycles. The van der Waals surface area contributed by atoms with E-state index in [4.69, 9.17) is 24.2 Å². The van der Waals surface area contributed by atoms with Crippen LogP contribution in [0.5, 0.6) is 0 Å². The number of nitrogens with zero attached hydrogens (tertiary/aromatic N) is 2. The SMILES string of the molecule is CCOC1=N[C@H](C(C)C)C(OCC)=N[C@H]1C1CCOC1. The lowest BCUT2D eigenvalue weighted by atomic mass is 9.96. The van der Waals surface area contributed by atoms with Gasteiger partial charge in [0, 0.05) is 12.5 Å².